The molecule has 0 amide bonds. The molecule has 3 nitrogen and oxygen atoms in total. The summed E-state index contributed by atoms with van der Waals surface area (Å²) < 4.78 is 0. The van der Waals surface area contributed by atoms with Gasteiger partial charge in [0.2, 0.25) is 0 Å². The van der Waals surface area contributed by atoms with Crippen molar-refractivity contribution in [3.8, 4) is 0 Å². The molecule has 22 heavy (non-hydrogen) atoms. The van der Waals surface area contributed by atoms with Crippen molar-refractivity contribution < 1.29 is 0 Å². The summed E-state index contributed by atoms with van der Waals surface area (Å²) in [5, 5.41) is 7.93. The lowest BCUT2D eigenvalue weighted by Gasteiger charge is -2.41. The van der Waals surface area contributed by atoms with Gasteiger partial charge in [-0.3, -0.25) is 4.90 Å². The smallest absolute Gasteiger partial charge is 0.0668 e. The summed E-state index contributed by atoms with van der Waals surface area (Å²) in [6.45, 7) is 4.34. The van der Waals surface area contributed by atoms with E-state index in [1.165, 1.54) is 16.7 Å². The van der Waals surface area contributed by atoms with Gasteiger partial charge in [0.05, 0.1) is 12.1 Å². The third-order valence-electron chi connectivity index (χ3n) is 5.05. The number of aryl methyl sites for hydroxylation is 1. The van der Waals surface area contributed by atoms with Crippen molar-refractivity contribution in [2.45, 2.75) is 24.9 Å². The van der Waals surface area contributed by atoms with E-state index in [9.17, 15) is 0 Å². The summed E-state index contributed by atoms with van der Waals surface area (Å²) in [7, 11) is 0. The van der Waals surface area contributed by atoms with Crippen LogP contribution in [0.1, 0.15) is 23.6 Å². The molecule has 116 valence electrons. The Kier molecular flexibility index (Phi) is 3.95. The molecule has 2 unspecified atom stereocenters. The number of nitrogens with one attached hydrogen (secondary N) is 2. The molecule has 0 spiro atoms. The Morgan fingerprint density at radius 1 is 1.14 bits per heavy atom. The first-order valence-corrected chi connectivity index (χ1v) is 8.55. The minimum absolute atomic E-state index is 0.380. The fourth-order valence-corrected chi connectivity index (χ4v) is 4.17. The summed E-state index contributed by atoms with van der Waals surface area (Å²) >= 11 is 6.25. The van der Waals surface area contributed by atoms with Crippen molar-refractivity contribution >= 4 is 11.6 Å². The molecule has 4 rings (SSSR count). The normalized spacial score (nSPS) is 28.1. The van der Waals surface area contributed by atoms with E-state index in [1.807, 2.05) is 6.07 Å². The van der Waals surface area contributed by atoms with Gasteiger partial charge in [-0.15, -0.1) is 0 Å². The van der Waals surface area contributed by atoms with Crippen LogP contribution in [0.15, 0.2) is 42.1 Å². The number of fused-ring (bicyclic) bond motifs is 2. The molecule has 1 aliphatic carbocycles. The highest BCUT2D eigenvalue weighted by Crippen LogP contribution is 2.38. The number of benzene rings is 1. The second kappa shape index (κ2) is 6.07. The third-order valence-corrected chi connectivity index (χ3v) is 5.28. The third kappa shape index (κ3) is 2.58. The van der Waals surface area contributed by atoms with Crippen LogP contribution < -0.4 is 10.6 Å². The zero-order valence-corrected chi connectivity index (χ0v) is 13.4. The molecular weight excluding hydrogens is 294 g/mol. The Morgan fingerprint density at radius 2 is 2.00 bits per heavy atom. The number of allylic oxidation sites excluding steroid dienone is 2. The van der Waals surface area contributed by atoms with Crippen molar-refractivity contribution in [3.05, 3.63) is 58.3 Å². The van der Waals surface area contributed by atoms with E-state index in [1.54, 1.807) is 0 Å². The molecule has 1 saturated heterocycles. The predicted octanol–water partition coefficient (Wildman–Crippen LogP) is 2.64. The zero-order valence-electron chi connectivity index (χ0n) is 12.7. The molecule has 1 aromatic rings. The standard InChI is InChI=1S/C18H22ClN3/c19-15-5-6-16-14(12-15)4-3-13-2-1-7-21-17(13)18(16)22-10-8-20-9-11-22/h1-2,5-7,12,17-18,20-21H,3-4,8-11H2. The largest absolute Gasteiger partial charge is 0.382 e. The summed E-state index contributed by atoms with van der Waals surface area (Å²) in [6.07, 6.45) is 8.70. The monoisotopic (exact) mass is 315 g/mol. The quantitative estimate of drug-likeness (QED) is 0.834. The van der Waals surface area contributed by atoms with Crippen LogP contribution in [0.3, 0.4) is 0 Å². The molecule has 2 atom stereocenters. The van der Waals surface area contributed by atoms with Crippen molar-refractivity contribution in [3.63, 3.8) is 0 Å². The van der Waals surface area contributed by atoms with Crippen LogP contribution in [0.5, 0.6) is 0 Å². The lowest BCUT2D eigenvalue weighted by atomic mass is 9.91. The van der Waals surface area contributed by atoms with E-state index in [-0.39, 0.29) is 0 Å². The van der Waals surface area contributed by atoms with Crippen molar-refractivity contribution in [1.82, 2.24) is 15.5 Å². The van der Waals surface area contributed by atoms with Gasteiger partial charge in [-0.25, -0.2) is 0 Å². The average Bonchev–Trinajstić information content (AvgIpc) is 2.72. The van der Waals surface area contributed by atoms with Crippen molar-refractivity contribution in [2.75, 3.05) is 26.2 Å². The second-order valence-corrected chi connectivity index (χ2v) is 6.76. The van der Waals surface area contributed by atoms with Crippen LogP contribution in [0, 0.1) is 0 Å². The molecule has 3 aliphatic rings. The summed E-state index contributed by atoms with van der Waals surface area (Å²) in [4.78, 5) is 2.62. The number of rotatable bonds is 1. The van der Waals surface area contributed by atoms with Gasteiger partial charge in [0.25, 0.3) is 0 Å². The maximum absolute atomic E-state index is 6.25. The van der Waals surface area contributed by atoms with Gasteiger partial charge >= 0.3 is 0 Å². The number of hydrogen-bond donors (Lipinski definition) is 2. The first-order valence-electron chi connectivity index (χ1n) is 8.18. The van der Waals surface area contributed by atoms with E-state index in [0.29, 0.717) is 12.1 Å². The Bertz CT molecular complexity index is 617. The van der Waals surface area contributed by atoms with E-state index in [2.05, 4.69) is 46.0 Å². The number of dihydropyridines is 1. The number of halogens is 1. The lowest BCUT2D eigenvalue weighted by molar-refractivity contribution is 0.152. The van der Waals surface area contributed by atoms with Crippen molar-refractivity contribution in [1.29, 1.82) is 0 Å². The Hall–Kier alpha value is -1.29. The van der Waals surface area contributed by atoms with Crippen molar-refractivity contribution in [2.24, 2.45) is 0 Å². The highest BCUT2D eigenvalue weighted by atomic mass is 35.5. The molecule has 0 radical (unpaired) electrons. The number of nitrogens with zero attached hydrogens (tertiary/aromatic N) is 1. The highest BCUT2D eigenvalue weighted by molar-refractivity contribution is 6.30. The SMILES string of the molecule is Clc1ccc2c(c1)CCC1=CC=CNC1C2N1CCNCC1. The fourth-order valence-electron chi connectivity index (χ4n) is 3.98. The van der Waals surface area contributed by atoms with Gasteiger partial charge in [-0.1, -0.05) is 23.7 Å². The average molecular weight is 316 g/mol. The molecule has 0 saturated carbocycles. The molecule has 4 heteroatoms. The molecule has 2 heterocycles. The first-order chi connectivity index (χ1) is 10.8. The minimum atomic E-state index is 0.380. The van der Waals surface area contributed by atoms with Crippen LogP contribution in [0.4, 0.5) is 0 Å². The van der Waals surface area contributed by atoms with Crippen LogP contribution in [0.25, 0.3) is 0 Å². The summed E-state index contributed by atoms with van der Waals surface area (Å²) in [6, 6.07) is 7.23. The van der Waals surface area contributed by atoms with E-state index >= 15 is 0 Å². The lowest BCUT2D eigenvalue weighted by Crippen LogP contribution is -2.51. The van der Waals surface area contributed by atoms with Crippen LogP contribution in [-0.2, 0) is 6.42 Å². The van der Waals surface area contributed by atoms with Gasteiger partial charge in [0.15, 0.2) is 0 Å². The van der Waals surface area contributed by atoms with E-state index < -0.39 is 0 Å². The molecule has 0 aromatic heterocycles. The number of piperazine rings is 1. The van der Waals surface area contributed by atoms with Crippen LogP contribution in [-0.4, -0.2) is 37.1 Å². The zero-order chi connectivity index (χ0) is 14.9. The maximum Gasteiger partial charge on any atom is 0.0668 e. The predicted molar refractivity (Wildman–Crippen MR) is 91.1 cm³/mol. The van der Waals surface area contributed by atoms with Gasteiger partial charge in [-0.05, 0) is 54.0 Å². The van der Waals surface area contributed by atoms with Gasteiger partial charge in [0, 0.05) is 31.2 Å². The Balaban J connectivity index is 1.78. The molecule has 2 N–H and O–H groups in total. The fraction of sp³-hybridized carbons (Fsp3) is 0.444. The van der Waals surface area contributed by atoms with Crippen LogP contribution >= 0.6 is 11.6 Å². The van der Waals surface area contributed by atoms with E-state index in [0.717, 1.165) is 44.0 Å². The highest BCUT2D eigenvalue weighted by Gasteiger charge is 2.35. The molecular formula is C18H22ClN3. The molecule has 1 fully saturated rings. The summed E-state index contributed by atoms with van der Waals surface area (Å²) in [5.74, 6) is 0. The van der Waals surface area contributed by atoms with E-state index in [4.69, 9.17) is 11.6 Å². The number of hydrogen-bond acceptors (Lipinski definition) is 3. The minimum Gasteiger partial charge on any atom is -0.382 e. The van der Waals surface area contributed by atoms with Gasteiger partial charge in [0.1, 0.15) is 0 Å². The molecule has 1 aromatic carbocycles. The topological polar surface area (TPSA) is 27.3 Å². The van der Waals surface area contributed by atoms with Crippen LogP contribution in [0.2, 0.25) is 5.02 Å². The Labute approximate surface area is 137 Å². The van der Waals surface area contributed by atoms with Gasteiger partial charge in [-0.2, -0.15) is 0 Å². The summed E-state index contributed by atoms with van der Waals surface area (Å²) in [5.41, 5.74) is 4.37. The molecule has 2 aliphatic heterocycles. The Morgan fingerprint density at radius 3 is 2.86 bits per heavy atom. The second-order valence-electron chi connectivity index (χ2n) is 6.32. The first kappa shape index (κ1) is 14.3. The molecule has 0 bridgehead atoms. The van der Waals surface area contributed by atoms with Gasteiger partial charge < -0.3 is 10.6 Å². The maximum atomic E-state index is 6.25.